The minimum atomic E-state index is -4.59. The maximum absolute atomic E-state index is 14.2. The van der Waals surface area contributed by atoms with Crippen molar-refractivity contribution in [3.8, 4) is 5.69 Å². The van der Waals surface area contributed by atoms with Crippen LogP contribution in [0.3, 0.4) is 0 Å². The highest BCUT2D eigenvalue weighted by atomic mass is 19.4. The smallest absolute Gasteiger partial charge is 0.320 e. The first-order chi connectivity index (χ1) is 18.5. The Morgan fingerprint density at radius 2 is 1.90 bits per heavy atom. The SMILES string of the molecule is C[C@H]1CCCN(Cc2cc(C(F)(F)F)c3cn(-c4cccc([C@]5(c6nncn6C)C[C@H](C)C5)c4)c(=O)n3c2)C1. The molecule has 1 saturated carbocycles. The molecule has 0 radical (unpaired) electrons. The average molecular weight is 539 g/mol. The van der Waals surface area contributed by atoms with Gasteiger partial charge in [-0.1, -0.05) is 26.0 Å². The van der Waals surface area contributed by atoms with Crippen molar-refractivity contribution in [3.63, 3.8) is 0 Å². The zero-order valence-corrected chi connectivity index (χ0v) is 22.4. The summed E-state index contributed by atoms with van der Waals surface area (Å²) in [6.45, 7) is 6.42. The highest BCUT2D eigenvalue weighted by Crippen LogP contribution is 2.51. The van der Waals surface area contributed by atoms with Gasteiger partial charge in [-0.15, -0.1) is 10.2 Å². The van der Waals surface area contributed by atoms with E-state index in [0.29, 0.717) is 29.6 Å². The molecule has 10 heteroatoms. The predicted octanol–water partition coefficient (Wildman–Crippen LogP) is 5.19. The van der Waals surface area contributed by atoms with Crippen molar-refractivity contribution in [3.05, 3.63) is 82.1 Å². The van der Waals surface area contributed by atoms with Crippen LogP contribution >= 0.6 is 0 Å². The van der Waals surface area contributed by atoms with E-state index in [2.05, 4.69) is 28.9 Å². The number of pyridine rings is 1. The number of hydrogen-bond donors (Lipinski definition) is 0. The molecule has 2 fully saturated rings. The van der Waals surface area contributed by atoms with E-state index < -0.39 is 17.4 Å². The Morgan fingerprint density at radius 1 is 1.10 bits per heavy atom. The van der Waals surface area contributed by atoms with Gasteiger partial charge in [-0.05, 0) is 73.4 Å². The number of benzene rings is 1. The topological polar surface area (TPSA) is 60.4 Å². The lowest BCUT2D eigenvalue weighted by atomic mass is 9.58. The van der Waals surface area contributed by atoms with Crippen molar-refractivity contribution < 1.29 is 13.2 Å². The van der Waals surface area contributed by atoms with E-state index in [-0.39, 0.29) is 10.9 Å². The van der Waals surface area contributed by atoms with E-state index >= 15 is 0 Å². The molecule has 4 heterocycles. The summed E-state index contributed by atoms with van der Waals surface area (Å²) < 4.78 is 47.1. The summed E-state index contributed by atoms with van der Waals surface area (Å²) in [5, 5.41) is 8.46. The van der Waals surface area contributed by atoms with Crippen LogP contribution in [0.15, 0.2) is 53.8 Å². The Morgan fingerprint density at radius 3 is 2.56 bits per heavy atom. The van der Waals surface area contributed by atoms with Gasteiger partial charge < -0.3 is 4.57 Å². The maximum atomic E-state index is 14.2. The van der Waals surface area contributed by atoms with Gasteiger partial charge in [0.25, 0.3) is 0 Å². The minimum absolute atomic E-state index is 0.144. The Kier molecular flexibility index (Phi) is 6.21. The van der Waals surface area contributed by atoms with Gasteiger partial charge in [0.1, 0.15) is 12.2 Å². The normalized spacial score (nSPS) is 24.3. The van der Waals surface area contributed by atoms with Crippen LogP contribution in [0, 0.1) is 11.8 Å². The summed E-state index contributed by atoms with van der Waals surface area (Å²) in [6.07, 6.45) is 3.89. The van der Waals surface area contributed by atoms with E-state index in [9.17, 15) is 18.0 Å². The van der Waals surface area contributed by atoms with Crippen LogP contribution in [0.1, 0.15) is 62.0 Å². The molecule has 39 heavy (non-hydrogen) atoms. The average Bonchev–Trinajstić information content (AvgIpc) is 3.44. The number of rotatable bonds is 5. The van der Waals surface area contributed by atoms with Gasteiger partial charge in [-0.2, -0.15) is 13.2 Å². The number of nitrogens with zero attached hydrogens (tertiary/aromatic N) is 6. The molecule has 1 aliphatic carbocycles. The molecule has 1 aliphatic heterocycles. The molecule has 0 bridgehead atoms. The quantitative estimate of drug-likeness (QED) is 0.351. The highest BCUT2D eigenvalue weighted by Gasteiger charge is 2.48. The van der Waals surface area contributed by atoms with E-state index in [4.69, 9.17) is 0 Å². The van der Waals surface area contributed by atoms with Crippen LogP contribution in [0.5, 0.6) is 0 Å². The lowest BCUT2D eigenvalue weighted by molar-refractivity contribution is -0.136. The zero-order chi connectivity index (χ0) is 27.5. The Labute approximate surface area is 224 Å². The molecule has 3 aromatic heterocycles. The molecule has 1 atom stereocenters. The summed E-state index contributed by atoms with van der Waals surface area (Å²) in [5.41, 5.74) is 0.196. The lowest BCUT2D eigenvalue weighted by Crippen LogP contribution is -2.43. The largest absolute Gasteiger partial charge is 0.418 e. The summed E-state index contributed by atoms with van der Waals surface area (Å²) >= 11 is 0. The van der Waals surface area contributed by atoms with Gasteiger partial charge in [0.2, 0.25) is 0 Å². The van der Waals surface area contributed by atoms with Gasteiger partial charge in [0, 0.05) is 32.5 Å². The molecule has 206 valence electrons. The first-order valence-electron chi connectivity index (χ1n) is 13.6. The summed E-state index contributed by atoms with van der Waals surface area (Å²) in [7, 11) is 1.91. The predicted molar refractivity (Wildman–Crippen MR) is 142 cm³/mol. The zero-order valence-electron chi connectivity index (χ0n) is 22.4. The third-order valence-corrected chi connectivity index (χ3v) is 8.49. The summed E-state index contributed by atoms with van der Waals surface area (Å²) in [6, 6.07) is 8.73. The second kappa shape index (κ2) is 9.36. The van der Waals surface area contributed by atoms with Crippen molar-refractivity contribution in [1.82, 2.24) is 28.6 Å². The number of halogens is 3. The second-order valence-electron chi connectivity index (χ2n) is 11.7. The molecule has 1 saturated heterocycles. The van der Waals surface area contributed by atoms with E-state index in [0.717, 1.165) is 54.6 Å². The minimum Gasteiger partial charge on any atom is -0.320 e. The van der Waals surface area contributed by atoms with Crippen molar-refractivity contribution in [2.24, 2.45) is 18.9 Å². The molecule has 4 aromatic rings. The standard InChI is InChI=1S/C29H33F3N6O/c1-19-6-5-9-36(14-19)15-21-10-24(29(30,31)32)25-17-37(27(39)38(25)16-21)23-8-4-7-22(11-23)28(12-20(2)13-28)26-34-33-18-35(26)3/h4,7-8,10-11,16-20H,5-6,9,12-15H2,1-3H3/t19-,20-,28-/m0/s1. The number of fused-ring (bicyclic) bond motifs is 1. The molecule has 7 nitrogen and oxygen atoms in total. The third kappa shape index (κ3) is 4.48. The molecule has 6 rings (SSSR count). The lowest BCUT2D eigenvalue weighted by Gasteiger charge is -2.46. The van der Waals surface area contributed by atoms with Crippen molar-refractivity contribution in [1.29, 1.82) is 0 Å². The summed E-state index contributed by atoms with van der Waals surface area (Å²) in [4.78, 5) is 15.8. The Hall–Kier alpha value is -3.40. The van der Waals surface area contributed by atoms with Gasteiger partial charge >= 0.3 is 11.9 Å². The number of piperidine rings is 1. The van der Waals surface area contributed by atoms with E-state index in [1.54, 1.807) is 18.6 Å². The fraction of sp³-hybridized carbons (Fsp3) is 0.483. The van der Waals surface area contributed by atoms with Crippen LogP contribution < -0.4 is 5.69 Å². The van der Waals surface area contributed by atoms with Gasteiger partial charge in [-0.3, -0.25) is 13.9 Å². The molecular weight excluding hydrogens is 505 g/mol. The van der Waals surface area contributed by atoms with Crippen LogP contribution in [-0.2, 0) is 25.2 Å². The fourth-order valence-corrected chi connectivity index (χ4v) is 6.78. The Balaban J connectivity index is 1.44. The first kappa shape index (κ1) is 25.9. The number of imidazole rings is 1. The Bertz CT molecular complexity index is 1580. The summed E-state index contributed by atoms with van der Waals surface area (Å²) in [5.74, 6) is 1.85. The van der Waals surface area contributed by atoms with Gasteiger partial charge in [0.15, 0.2) is 0 Å². The third-order valence-electron chi connectivity index (χ3n) is 8.49. The first-order valence-corrected chi connectivity index (χ1v) is 13.6. The molecule has 2 aliphatic rings. The number of hydrogen-bond acceptors (Lipinski definition) is 4. The van der Waals surface area contributed by atoms with Crippen LogP contribution in [0.4, 0.5) is 13.2 Å². The van der Waals surface area contributed by atoms with E-state index in [1.165, 1.54) is 16.8 Å². The van der Waals surface area contributed by atoms with Crippen molar-refractivity contribution in [2.45, 2.75) is 57.7 Å². The fourth-order valence-electron chi connectivity index (χ4n) is 6.78. The second-order valence-corrected chi connectivity index (χ2v) is 11.7. The highest BCUT2D eigenvalue weighted by molar-refractivity contribution is 5.58. The van der Waals surface area contributed by atoms with Gasteiger partial charge in [0.05, 0.1) is 22.2 Å². The van der Waals surface area contributed by atoms with Gasteiger partial charge in [-0.25, -0.2) is 4.79 Å². The number of aromatic nitrogens is 5. The van der Waals surface area contributed by atoms with Crippen molar-refractivity contribution in [2.75, 3.05) is 13.1 Å². The van der Waals surface area contributed by atoms with Crippen LogP contribution in [-0.4, -0.2) is 41.7 Å². The van der Waals surface area contributed by atoms with E-state index in [1.807, 2.05) is 29.8 Å². The molecule has 0 spiro atoms. The molecule has 0 N–H and O–H groups in total. The molecule has 0 amide bonds. The monoisotopic (exact) mass is 538 g/mol. The van der Waals surface area contributed by atoms with Crippen molar-refractivity contribution >= 4 is 5.52 Å². The molecule has 0 unspecified atom stereocenters. The van der Waals surface area contributed by atoms with Crippen LogP contribution in [0.2, 0.25) is 0 Å². The maximum Gasteiger partial charge on any atom is 0.418 e. The number of likely N-dealkylation sites (tertiary alicyclic amines) is 1. The number of aryl methyl sites for hydroxylation is 1. The van der Waals surface area contributed by atoms with Crippen LogP contribution in [0.25, 0.3) is 11.2 Å². The molecular formula is C29H33F3N6O. The molecule has 1 aromatic carbocycles. The number of alkyl halides is 3.